The normalized spacial score (nSPS) is 11.3. The van der Waals surface area contributed by atoms with Gasteiger partial charge in [0, 0.05) is 27.7 Å². The van der Waals surface area contributed by atoms with Crippen molar-refractivity contribution in [2.45, 2.75) is 0 Å². The van der Waals surface area contributed by atoms with E-state index in [-0.39, 0.29) is 0 Å². The first-order valence-electron chi connectivity index (χ1n) is 16.3. The number of para-hydroxylation sites is 2. The van der Waals surface area contributed by atoms with Crippen LogP contribution < -0.4 is 4.90 Å². The molecule has 1 heterocycles. The minimum Gasteiger partial charge on any atom is -0.456 e. The predicted molar refractivity (Wildman–Crippen MR) is 202 cm³/mol. The second kappa shape index (κ2) is 11.8. The number of fused-ring (bicyclic) bond motifs is 4. The minimum absolute atomic E-state index is 0.894. The number of furan rings is 1. The minimum atomic E-state index is 0.894. The molecule has 9 rings (SSSR count). The van der Waals surface area contributed by atoms with Crippen LogP contribution in [0.3, 0.4) is 0 Å². The van der Waals surface area contributed by atoms with Crippen LogP contribution in [0, 0.1) is 0 Å². The highest BCUT2D eigenvalue weighted by molar-refractivity contribution is 6.11. The Bertz CT molecular complexity index is 2550. The molecule has 0 N–H and O–H groups in total. The Kier molecular flexibility index (Phi) is 6.84. The topological polar surface area (TPSA) is 16.4 Å². The number of rotatable bonds is 6. The van der Waals surface area contributed by atoms with Crippen LogP contribution in [0.2, 0.25) is 0 Å². The average molecular weight is 614 g/mol. The number of hydrogen-bond donors (Lipinski definition) is 0. The molecule has 0 bridgehead atoms. The molecule has 1 aromatic heterocycles. The van der Waals surface area contributed by atoms with Gasteiger partial charge in [-0.3, -0.25) is 0 Å². The van der Waals surface area contributed by atoms with Gasteiger partial charge in [-0.2, -0.15) is 0 Å². The Hall–Kier alpha value is -6.38. The molecule has 2 heteroatoms. The van der Waals surface area contributed by atoms with Crippen molar-refractivity contribution in [2.24, 2.45) is 0 Å². The maximum absolute atomic E-state index is 6.36. The quantitative estimate of drug-likeness (QED) is 0.185. The van der Waals surface area contributed by atoms with E-state index >= 15 is 0 Å². The van der Waals surface area contributed by atoms with Crippen molar-refractivity contribution in [2.75, 3.05) is 4.90 Å². The lowest BCUT2D eigenvalue weighted by atomic mass is 9.93. The smallest absolute Gasteiger partial charge is 0.136 e. The van der Waals surface area contributed by atoms with E-state index < -0.39 is 0 Å². The van der Waals surface area contributed by atoms with E-state index in [2.05, 4.69) is 193 Å². The third kappa shape index (κ3) is 4.92. The van der Waals surface area contributed by atoms with Gasteiger partial charge >= 0.3 is 0 Å². The molecule has 0 fully saturated rings. The molecule has 2 nitrogen and oxygen atoms in total. The zero-order valence-corrected chi connectivity index (χ0v) is 26.3. The lowest BCUT2D eigenvalue weighted by Gasteiger charge is -2.29. The molecule has 226 valence electrons. The van der Waals surface area contributed by atoms with Crippen molar-refractivity contribution in [1.29, 1.82) is 0 Å². The Morgan fingerprint density at radius 3 is 1.69 bits per heavy atom. The highest BCUT2D eigenvalue weighted by Gasteiger charge is 2.20. The first-order chi connectivity index (χ1) is 23.8. The lowest BCUT2D eigenvalue weighted by Crippen LogP contribution is -2.11. The van der Waals surface area contributed by atoms with Gasteiger partial charge in [0.1, 0.15) is 11.2 Å². The molecule has 0 saturated carbocycles. The van der Waals surface area contributed by atoms with Crippen molar-refractivity contribution >= 4 is 49.8 Å². The fourth-order valence-electron chi connectivity index (χ4n) is 6.94. The fourth-order valence-corrected chi connectivity index (χ4v) is 6.94. The fraction of sp³-hybridized carbons (Fsp3) is 0. The molecule has 0 spiro atoms. The average Bonchev–Trinajstić information content (AvgIpc) is 3.52. The summed E-state index contributed by atoms with van der Waals surface area (Å²) in [7, 11) is 0. The summed E-state index contributed by atoms with van der Waals surface area (Å²) in [5.74, 6) is 0. The van der Waals surface area contributed by atoms with Gasteiger partial charge in [-0.05, 0) is 93.2 Å². The second-order valence-electron chi connectivity index (χ2n) is 12.2. The lowest BCUT2D eigenvalue weighted by molar-refractivity contribution is 0.669. The van der Waals surface area contributed by atoms with Gasteiger partial charge in [0.15, 0.2) is 0 Å². The van der Waals surface area contributed by atoms with E-state index in [1.54, 1.807) is 0 Å². The highest BCUT2D eigenvalue weighted by Crippen LogP contribution is 2.44. The SMILES string of the molecule is c1ccc(-c2ccc(N(c3ccccc3)c3ccccc3-c3ccc4oc5cc6ccccc6cc5c4c3)cc2-c2ccccc2)cc1. The maximum atomic E-state index is 6.36. The van der Waals surface area contributed by atoms with Gasteiger partial charge in [-0.15, -0.1) is 0 Å². The summed E-state index contributed by atoms with van der Waals surface area (Å²) in [6.45, 7) is 0. The molecule has 0 unspecified atom stereocenters. The van der Waals surface area contributed by atoms with E-state index in [4.69, 9.17) is 4.42 Å². The second-order valence-corrected chi connectivity index (χ2v) is 12.2. The third-order valence-electron chi connectivity index (χ3n) is 9.24. The van der Waals surface area contributed by atoms with Crippen LogP contribution >= 0.6 is 0 Å². The summed E-state index contributed by atoms with van der Waals surface area (Å²) in [5.41, 5.74) is 12.2. The van der Waals surface area contributed by atoms with Crippen molar-refractivity contribution < 1.29 is 4.42 Å². The van der Waals surface area contributed by atoms with Crippen LogP contribution in [-0.4, -0.2) is 0 Å². The summed E-state index contributed by atoms with van der Waals surface area (Å²) in [4.78, 5) is 2.38. The molecular formula is C46H31NO. The zero-order chi connectivity index (χ0) is 31.9. The van der Waals surface area contributed by atoms with Gasteiger partial charge in [-0.25, -0.2) is 0 Å². The summed E-state index contributed by atoms with van der Waals surface area (Å²) >= 11 is 0. The Morgan fingerprint density at radius 2 is 0.938 bits per heavy atom. The molecule has 9 aromatic rings. The van der Waals surface area contributed by atoms with Crippen LogP contribution in [0.4, 0.5) is 17.1 Å². The van der Waals surface area contributed by atoms with E-state index in [0.29, 0.717) is 0 Å². The van der Waals surface area contributed by atoms with Gasteiger partial charge in [0.05, 0.1) is 5.69 Å². The van der Waals surface area contributed by atoms with Crippen molar-refractivity contribution in [3.63, 3.8) is 0 Å². The number of hydrogen-bond acceptors (Lipinski definition) is 2. The zero-order valence-electron chi connectivity index (χ0n) is 26.3. The molecule has 0 amide bonds. The van der Waals surface area contributed by atoms with Crippen molar-refractivity contribution in [3.8, 4) is 33.4 Å². The number of benzene rings is 8. The molecule has 0 aliphatic carbocycles. The summed E-state index contributed by atoms with van der Waals surface area (Å²) in [6.07, 6.45) is 0. The van der Waals surface area contributed by atoms with Crippen LogP contribution in [0.15, 0.2) is 192 Å². The molecule has 8 aromatic carbocycles. The summed E-state index contributed by atoms with van der Waals surface area (Å²) in [5, 5.41) is 4.64. The van der Waals surface area contributed by atoms with Gasteiger partial charge in [0.25, 0.3) is 0 Å². The van der Waals surface area contributed by atoms with E-state index in [1.165, 1.54) is 33.0 Å². The maximum Gasteiger partial charge on any atom is 0.136 e. The molecule has 48 heavy (non-hydrogen) atoms. The third-order valence-corrected chi connectivity index (χ3v) is 9.24. The van der Waals surface area contributed by atoms with E-state index in [0.717, 1.165) is 50.1 Å². The van der Waals surface area contributed by atoms with Gasteiger partial charge in [-0.1, -0.05) is 133 Å². The van der Waals surface area contributed by atoms with Gasteiger partial charge in [0.2, 0.25) is 0 Å². The monoisotopic (exact) mass is 613 g/mol. The first kappa shape index (κ1) is 27.9. The molecule has 0 atom stereocenters. The first-order valence-corrected chi connectivity index (χ1v) is 16.3. The molecule has 0 aliphatic heterocycles. The molecular weight excluding hydrogens is 583 g/mol. The molecule has 0 aliphatic rings. The highest BCUT2D eigenvalue weighted by atomic mass is 16.3. The number of anilines is 3. The van der Waals surface area contributed by atoms with Crippen LogP contribution in [0.25, 0.3) is 66.1 Å². The Labute approximate surface area is 279 Å². The van der Waals surface area contributed by atoms with Crippen LogP contribution in [0.5, 0.6) is 0 Å². The van der Waals surface area contributed by atoms with Crippen LogP contribution in [-0.2, 0) is 0 Å². The van der Waals surface area contributed by atoms with Crippen molar-refractivity contribution in [1.82, 2.24) is 0 Å². The summed E-state index contributed by atoms with van der Waals surface area (Å²) < 4.78 is 6.36. The summed E-state index contributed by atoms with van der Waals surface area (Å²) in [6, 6.07) is 67.0. The Balaban J connectivity index is 1.24. The largest absolute Gasteiger partial charge is 0.456 e. The van der Waals surface area contributed by atoms with E-state index in [9.17, 15) is 0 Å². The molecule has 0 radical (unpaired) electrons. The van der Waals surface area contributed by atoms with Crippen LogP contribution in [0.1, 0.15) is 0 Å². The molecule has 0 saturated heterocycles. The van der Waals surface area contributed by atoms with Gasteiger partial charge < -0.3 is 9.32 Å². The van der Waals surface area contributed by atoms with E-state index in [1.807, 2.05) is 0 Å². The van der Waals surface area contributed by atoms with Crippen molar-refractivity contribution in [3.05, 3.63) is 188 Å². The Morgan fingerprint density at radius 1 is 0.333 bits per heavy atom. The predicted octanol–water partition coefficient (Wildman–Crippen LogP) is 13.2. The number of nitrogens with zero attached hydrogens (tertiary/aromatic N) is 1. The standard InChI is InChI=1S/C46H31NO/c1-4-14-32(15-5-1)39-26-25-38(31-41(39)33-16-6-2-7-17-33)47(37-20-8-3-9-21-37)44-23-13-12-22-40(44)36-24-27-45-42(29-36)43-28-34-18-10-11-19-35(34)30-46(43)48-45/h1-31H.